The Labute approximate surface area is 209 Å². The van der Waals surface area contributed by atoms with Crippen LogP contribution in [0.5, 0.6) is 5.75 Å². The van der Waals surface area contributed by atoms with Crippen molar-refractivity contribution in [1.29, 1.82) is 0 Å². The van der Waals surface area contributed by atoms with Crippen molar-refractivity contribution < 1.29 is 23.8 Å². The molecule has 1 amide bonds. The molecule has 3 aromatic heterocycles. The van der Waals surface area contributed by atoms with Crippen LogP contribution in [0.2, 0.25) is 0 Å². The standard InChI is InChI=1S/C26H31N5O5/c1-25(2,3)36-24(33)30-26(4,5)19-10-9-14-11-17(27-21(14)29-19)22-28-16-12-15(23(32)35-8)13-18(34-7)20(16)31(22)6/h9-13H,1-8H3,(H,27,29)(H,30,33). The molecule has 3 heterocycles. The molecule has 0 radical (unpaired) electrons. The maximum absolute atomic E-state index is 12.3. The molecule has 4 rings (SSSR count). The first-order valence-electron chi connectivity index (χ1n) is 11.5. The van der Waals surface area contributed by atoms with Crippen LogP contribution in [0, 0.1) is 0 Å². The average molecular weight is 494 g/mol. The number of esters is 1. The number of amides is 1. The molecular weight excluding hydrogens is 462 g/mol. The summed E-state index contributed by atoms with van der Waals surface area (Å²) in [5.74, 6) is 0.698. The highest BCUT2D eigenvalue weighted by Gasteiger charge is 2.28. The SMILES string of the molecule is COC(=O)c1cc(OC)c2c(c1)nc(-c1cc3ccc(C(C)(C)NC(=O)OC(C)(C)C)nc3[nH]1)n2C. The first kappa shape index (κ1) is 25.0. The molecule has 0 atom stereocenters. The van der Waals surface area contributed by atoms with Gasteiger partial charge in [-0.15, -0.1) is 0 Å². The number of H-pyrrole nitrogens is 1. The fourth-order valence-corrected chi connectivity index (χ4v) is 4.04. The van der Waals surface area contributed by atoms with Crippen LogP contribution >= 0.6 is 0 Å². The molecule has 1 aromatic carbocycles. The monoisotopic (exact) mass is 493 g/mol. The van der Waals surface area contributed by atoms with E-state index in [0.29, 0.717) is 34.0 Å². The summed E-state index contributed by atoms with van der Waals surface area (Å²) in [7, 11) is 4.76. The van der Waals surface area contributed by atoms with Crippen LogP contribution in [0.3, 0.4) is 0 Å². The number of nitrogens with one attached hydrogen (secondary N) is 2. The summed E-state index contributed by atoms with van der Waals surface area (Å²) < 4.78 is 17.7. The van der Waals surface area contributed by atoms with Gasteiger partial charge in [0.25, 0.3) is 0 Å². The molecule has 0 spiro atoms. The highest BCUT2D eigenvalue weighted by molar-refractivity contribution is 5.97. The lowest BCUT2D eigenvalue weighted by Crippen LogP contribution is -2.44. The van der Waals surface area contributed by atoms with E-state index in [1.54, 1.807) is 19.2 Å². The van der Waals surface area contributed by atoms with E-state index >= 15 is 0 Å². The number of ether oxygens (including phenoxy) is 3. The number of benzene rings is 1. The Morgan fingerprint density at radius 2 is 1.75 bits per heavy atom. The zero-order valence-electron chi connectivity index (χ0n) is 21.8. The number of carbonyl (C=O) groups excluding carboxylic acids is 2. The minimum atomic E-state index is -0.767. The Morgan fingerprint density at radius 1 is 1.03 bits per heavy atom. The molecule has 0 aliphatic rings. The first-order chi connectivity index (χ1) is 16.8. The van der Waals surface area contributed by atoms with E-state index < -0.39 is 23.2 Å². The summed E-state index contributed by atoms with van der Waals surface area (Å²) in [6, 6.07) is 9.08. The van der Waals surface area contributed by atoms with Gasteiger partial charge in [0.2, 0.25) is 0 Å². The van der Waals surface area contributed by atoms with Gasteiger partial charge < -0.3 is 29.1 Å². The fourth-order valence-electron chi connectivity index (χ4n) is 4.04. The maximum atomic E-state index is 12.3. The van der Waals surface area contributed by atoms with Gasteiger partial charge in [-0.25, -0.2) is 19.6 Å². The number of carbonyl (C=O) groups is 2. The van der Waals surface area contributed by atoms with Crippen LogP contribution in [0.1, 0.15) is 50.7 Å². The second kappa shape index (κ2) is 8.85. The van der Waals surface area contributed by atoms with Crippen LogP contribution in [0.25, 0.3) is 33.6 Å². The molecule has 0 fully saturated rings. The number of pyridine rings is 1. The van der Waals surface area contributed by atoms with Gasteiger partial charge in [-0.3, -0.25) is 0 Å². The predicted octanol–water partition coefficient (Wildman–Crippen LogP) is 4.67. The number of hydrogen-bond acceptors (Lipinski definition) is 7. The highest BCUT2D eigenvalue weighted by Crippen LogP contribution is 2.33. The number of alkyl carbamates (subject to hydrolysis) is 1. The normalized spacial score (nSPS) is 12.1. The molecular formula is C26H31N5O5. The van der Waals surface area contributed by atoms with Crippen molar-refractivity contribution in [3.8, 4) is 17.3 Å². The lowest BCUT2D eigenvalue weighted by atomic mass is 10.00. The summed E-state index contributed by atoms with van der Waals surface area (Å²) in [5, 5.41) is 3.77. The van der Waals surface area contributed by atoms with Gasteiger partial charge in [0, 0.05) is 12.4 Å². The van der Waals surface area contributed by atoms with Crippen molar-refractivity contribution in [2.24, 2.45) is 7.05 Å². The van der Waals surface area contributed by atoms with Gasteiger partial charge in [0.15, 0.2) is 5.82 Å². The number of fused-ring (bicyclic) bond motifs is 2. The molecule has 10 heteroatoms. The molecule has 36 heavy (non-hydrogen) atoms. The van der Waals surface area contributed by atoms with Gasteiger partial charge in [-0.2, -0.15) is 0 Å². The first-order valence-corrected chi connectivity index (χ1v) is 11.5. The topological polar surface area (TPSA) is 120 Å². The lowest BCUT2D eigenvalue weighted by molar-refractivity contribution is 0.0467. The molecule has 0 unspecified atom stereocenters. The summed E-state index contributed by atoms with van der Waals surface area (Å²) in [5.41, 5.74) is 2.40. The number of aromatic nitrogens is 4. The minimum Gasteiger partial charge on any atom is -0.494 e. The van der Waals surface area contributed by atoms with Gasteiger partial charge in [-0.05, 0) is 65.0 Å². The van der Waals surface area contributed by atoms with E-state index in [9.17, 15) is 9.59 Å². The average Bonchev–Trinajstić information content (AvgIpc) is 3.36. The maximum Gasteiger partial charge on any atom is 0.408 e. The van der Waals surface area contributed by atoms with Gasteiger partial charge >= 0.3 is 12.1 Å². The van der Waals surface area contributed by atoms with Gasteiger partial charge in [0.1, 0.15) is 22.5 Å². The molecule has 4 aromatic rings. The fraction of sp³-hybridized carbons (Fsp3) is 0.385. The van der Waals surface area contributed by atoms with Gasteiger partial charge in [-0.1, -0.05) is 0 Å². The van der Waals surface area contributed by atoms with E-state index in [4.69, 9.17) is 24.2 Å². The van der Waals surface area contributed by atoms with Crippen molar-refractivity contribution in [3.05, 3.63) is 41.6 Å². The van der Waals surface area contributed by atoms with Gasteiger partial charge in [0.05, 0.1) is 42.2 Å². The van der Waals surface area contributed by atoms with Crippen LogP contribution in [0.15, 0.2) is 30.3 Å². The van der Waals surface area contributed by atoms with Crippen molar-refractivity contribution in [3.63, 3.8) is 0 Å². The molecule has 0 aliphatic heterocycles. The molecule has 0 bridgehead atoms. The Kier molecular flexibility index (Phi) is 6.15. The lowest BCUT2D eigenvalue weighted by Gasteiger charge is -2.28. The van der Waals surface area contributed by atoms with E-state index in [1.165, 1.54) is 7.11 Å². The molecule has 190 valence electrons. The molecule has 0 saturated carbocycles. The second-order valence-corrected chi connectivity index (χ2v) is 10.1. The highest BCUT2D eigenvalue weighted by atomic mass is 16.6. The third-order valence-corrected chi connectivity index (χ3v) is 5.75. The van der Waals surface area contributed by atoms with E-state index in [1.807, 2.05) is 64.4 Å². The number of nitrogens with zero attached hydrogens (tertiary/aromatic N) is 3. The van der Waals surface area contributed by atoms with E-state index in [-0.39, 0.29) is 0 Å². The number of hydrogen-bond donors (Lipinski definition) is 2. The molecule has 10 nitrogen and oxygen atoms in total. The number of methoxy groups -OCH3 is 2. The van der Waals surface area contributed by atoms with Crippen molar-refractivity contribution in [2.45, 2.75) is 45.8 Å². The second-order valence-electron chi connectivity index (χ2n) is 10.1. The number of imidazole rings is 1. The largest absolute Gasteiger partial charge is 0.494 e. The third kappa shape index (κ3) is 4.71. The molecule has 0 saturated heterocycles. The smallest absolute Gasteiger partial charge is 0.408 e. The predicted molar refractivity (Wildman–Crippen MR) is 136 cm³/mol. The third-order valence-electron chi connectivity index (χ3n) is 5.75. The quantitative estimate of drug-likeness (QED) is 0.388. The van der Waals surface area contributed by atoms with Crippen LogP contribution in [0.4, 0.5) is 4.79 Å². The number of rotatable bonds is 5. The van der Waals surface area contributed by atoms with E-state index in [0.717, 1.165) is 16.6 Å². The van der Waals surface area contributed by atoms with Crippen LogP contribution in [-0.2, 0) is 22.1 Å². The van der Waals surface area contributed by atoms with Crippen molar-refractivity contribution in [2.75, 3.05) is 14.2 Å². The summed E-state index contributed by atoms with van der Waals surface area (Å²) >= 11 is 0. The van der Waals surface area contributed by atoms with Crippen molar-refractivity contribution >= 4 is 34.1 Å². The number of aromatic amines is 1. The summed E-state index contributed by atoms with van der Waals surface area (Å²) in [4.78, 5) is 37.3. The Balaban J connectivity index is 1.72. The zero-order valence-corrected chi connectivity index (χ0v) is 21.8. The Hall–Kier alpha value is -4.08. The molecule has 0 aliphatic carbocycles. The Bertz CT molecular complexity index is 1480. The minimum absolute atomic E-state index is 0.356. The summed E-state index contributed by atoms with van der Waals surface area (Å²) in [6.07, 6.45) is -0.512. The summed E-state index contributed by atoms with van der Waals surface area (Å²) in [6.45, 7) is 9.18. The molecule has 2 N–H and O–H groups in total. The van der Waals surface area contributed by atoms with Crippen molar-refractivity contribution in [1.82, 2.24) is 24.8 Å². The van der Waals surface area contributed by atoms with Crippen LogP contribution in [-0.4, -0.2) is 51.4 Å². The number of aryl methyl sites for hydroxylation is 1. The zero-order chi connectivity index (χ0) is 26.4. The van der Waals surface area contributed by atoms with E-state index in [2.05, 4.69) is 10.3 Å². The van der Waals surface area contributed by atoms with Crippen LogP contribution < -0.4 is 10.1 Å². The Morgan fingerprint density at radius 3 is 2.39 bits per heavy atom.